The van der Waals surface area contributed by atoms with E-state index in [1.54, 1.807) is 0 Å². The van der Waals surface area contributed by atoms with E-state index >= 15 is 0 Å². The van der Waals surface area contributed by atoms with Crippen LogP contribution in [0.3, 0.4) is 0 Å². The summed E-state index contributed by atoms with van der Waals surface area (Å²) in [5, 5.41) is 0. The van der Waals surface area contributed by atoms with E-state index in [0.717, 1.165) is 36.8 Å². The first-order valence-corrected chi connectivity index (χ1v) is 6.95. The van der Waals surface area contributed by atoms with E-state index in [1.165, 1.54) is 12.8 Å². The van der Waals surface area contributed by atoms with Gasteiger partial charge in [-0.15, -0.1) is 0 Å². The van der Waals surface area contributed by atoms with E-state index in [-0.39, 0.29) is 6.04 Å². The maximum Gasteiger partial charge on any atom is 0.132 e. The minimum Gasteiger partial charge on any atom is -0.356 e. The number of hydrogen-bond donors (Lipinski definition) is 1. The number of aromatic nitrogens is 2. The van der Waals surface area contributed by atoms with E-state index in [4.69, 9.17) is 5.73 Å². The van der Waals surface area contributed by atoms with Crippen molar-refractivity contribution in [1.29, 1.82) is 0 Å². The van der Waals surface area contributed by atoms with Crippen LogP contribution in [-0.2, 0) is 6.42 Å². The summed E-state index contributed by atoms with van der Waals surface area (Å²) in [6.45, 7) is 8.32. The lowest BCUT2D eigenvalue weighted by molar-refractivity contribution is 0.363. The summed E-state index contributed by atoms with van der Waals surface area (Å²) in [5.74, 6) is 2.52. The Hall–Kier alpha value is -1.16. The fraction of sp³-hybridized carbons (Fsp3) is 0.714. The van der Waals surface area contributed by atoms with Gasteiger partial charge in [0.2, 0.25) is 0 Å². The molecule has 0 aliphatic carbocycles. The first-order valence-electron chi connectivity index (χ1n) is 6.95. The quantitative estimate of drug-likeness (QED) is 0.888. The molecule has 1 aliphatic heterocycles. The SMILES string of the molecule is CCc1cc(N2CCCC(C(C)N)C2)nc(C)n1. The van der Waals surface area contributed by atoms with Gasteiger partial charge in [-0.05, 0) is 39.0 Å². The predicted molar refractivity (Wildman–Crippen MR) is 74.7 cm³/mol. The summed E-state index contributed by atoms with van der Waals surface area (Å²) in [6, 6.07) is 2.39. The van der Waals surface area contributed by atoms with Crippen molar-refractivity contribution in [3.63, 3.8) is 0 Å². The van der Waals surface area contributed by atoms with Crippen molar-refractivity contribution in [2.75, 3.05) is 18.0 Å². The average Bonchev–Trinajstić information content (AvgIpc) is 2.38. The monoisotopic (exact) mass is 248 g/mol. The van der Waals surface area contributed by atoms with Crippen LogP contribution >= 0.6 is 0 Å². The Morgan fingerprint density at radius 3 is 2.94 bits per heavy atom. The highest BCUT2D eigenvalue weighted by molar-refractivity contribution is 5.40. The van der Waals surface area contributed by atoms with Crippen LogP contribution in [0.25, 0.3) is 0 Å². The lowest BCUT2D eigenvalue weighted by atomic mass is 9.92. The summed E-state index contributed by atoms with van der Waals surface area (Å²) in [4.78, 5) is 11.4. The van der Waals surface area contributed by atoms with Crippen molar-refractivity contribution < 1.29 is 0 Å². The molecule has 4 nitrogen and oxygen atoms in total. The molecule has 100 valence electrons. The van der Waals surface area contributed by atoms with Gasteiger partial charge in [0.15, 0.2) is 0 Å². The lowest BCUT2D eigenvalue weighted by Crippen LogP contribution is -2.42. The van der Waals surface area contributed by atoms with Gasteiger partial charge < -0.3 is 10.6 Å². The van der Waals surface area contributed by atoms with E-state index < -0.39 is 0 Å². The third-order valence-corrected chi connectivity index (χ3v) is 3.77. The molecule has 4 heteroatoms. The van der Waals surface area contributed by atoms with Gasteiger partial charge in [0.25, 0.3) is 0 Å². The smallest absolute Gasteiger partial charge is 0.132 e. The molecular weight excluding hydrogens is 224 g/mol. The molecule has 2 unspecified atom stereocenters. The van der Waals surface area contributed by atoms with E-state index in [2.05, 4.69) is 34.8 Å². The second-order valence-electron chi connectivity index (χ2n) is 5.33. The van der Waals surface area contributed by atoms with Gasteiger partial charge in [-0.25, -0.2) is 9.97 Å². The summed E-state index contributed by atoms with van der Waals surface area (Å²) in [5.41, 5.74) is 7.16. The maximum atomic E-state index is 6.03. The van der Waals surface area contributed by atoms with E-state index in [1.807, 2.05) is 6.92 Å². The molecule has 1 aromatic rings. The molecule has 2 atom stereocenters. The van der Waals surface area contributed by atoms with Crippen LogP contribution in [0.15, 0.2) is 6.07 Å². The summed E-state index contributed by atoms with van der Waals surface area (Å²) >= 11 is 0. The minimum absolute atomic E-state index is 0.265. The zero-order valence-corrected chi connectivity index (χ0v) is 11.7. The molecule has 0 saturated carbocycles. The molecule has 1 saturated heterocycles. The molecule has 1 aliphatic rings. The average molecular weight is 248 g/mol. The zero-order valence-electron chi connectivity index (χ0n) is 11.7. The van der Waals surface area contributed by atoms with Gasteiger partial charge >= 0.3 is 0 Å². The van der Waals surface area contributed by atoms with Crippen LogP contribution in [0, 0.1) is 12.8 Å². The molecule has 1 aromatic heterocycles. The maximum absolute atomic E-state index is 6.03. The molecule has 0 bridgehead atoms. The highest BCUT2D eigenvalue weighted by atomic mass is 15.2. The summed E-state index contributed by atoms with van der Waals surface area (Å²) in [7, 11) is 0. The van der Waals surface area contributed by atoms with Crippen LogP contribution in [0.1, 0.15) is 38.2 Å². The van der Waals surface area contributed by atoms with Crippen LogP contribution in [0.4, 0.5) is 5.82 Å². The van der Waals surface area contributed by atoms with Gasteiger partial charge in [0, 0.05) is 30.9 Å². The number of nitrogens with two attached hydrogens (primary N) is 1. The molecule has 0 spiro atoms. The third-order valence-electron chi connectivity index (χ3n) is 3.77. The van der Waals surface area contributed by atoms with Gasteiger partial charge in [-0.3, -0.25) is 0 Å². The Balaban J connectivity index is 2.17. The van der Waals surface area contributed by atoms with Gasteiger partial charge in [-0.1, -0.05) is 6.92 Å². The van der Waals surface area contributed by atoms with Crippen molar-refractivity contribution in [2.45, 2.75) is 46.1 Å². The lowest BCUT2D eigenvalue weighted by Gasteiger charge is -2.35. The molecule has 0 amide bonds. The minimum atomic E-state index is 0.265. The van der Waals surface area contributed by atoms with Crippen molar-refractivity contribution in [2.24, 2.45) is 11.7 Å². The topological polar surface area (TPSA) is 55.0 Å². The third kappa shape index (κ3) is 2.99. The Morgan fingerprint density at radius 2 is 2.28 bits per heavy atom. The van der Waals surface area contributed by atoms with Crippen molar-refractivity contribution in [1.82, 2.24) is 9.97 Å². The standard InChI is InChI=1S/C14H24N4/c1-4-13-8-14(17-11(3)16-13)18-7-5-6-12(9-18)10(2)15/h8,10,12H,4-7,9,15H2,1-3H3. The molecule has 18 heavy (non-hydrogen) atoms. The molecular formula is C14H24N4. The normalized spacial score (nSPS) is 22.0. The molecule has 2 N–H and O–H groups in total. The highest BCUT2D eigenvalue weighted by Crippen LogP contribution is 2.23. The number of rotatable bonds is 3. The van der Waals surface area contributed by atoms with Crippen molar-refractivity contribution in [3.05, 3.63) is 17.6 Å². The second kappa shape index (κ2) is 5.65. The summed E-state index contributed by atoms with van der Waals surface area (Å²) in [6.07, 6.45) is 3.40. The molecule has 2 rings (SSSR count). The predicted octanol–water partition coefficient (Wildman–Crippen LogP) is 1.91. The number of piperidine rings is 1. The zero-order chi connectivity index (χ0) is 13.1. The van der Waals surface area contributed by atoms with Gasteiger partial charge in [0.1, 0.15) is 11.6 Å². The fourth-order valence-electron chi connectivity index (χ4n) is 2.60. The van der Waals surface area contributed by atoms with Crippen LogP contribution in [0.2, 0.25) is 0 Å². The van der Waals surface area contributed by atoms with Crippen LogP contribution in [-0.4, -0.2) is 29.1 Å². The molecule has 2 heterocycles. The fourth-order valence-corrected chi connectivity index (χ4v) is 2.60. The van der Waals surface area contributed by atoms with Crippen molar-refractivity contribution >= 4 is 5.82 Å². The van der Waals surface area contributed by atoms with Gasteiger partial charge in [0.05, 0.1) is 0 Å². The first kappa shape index (κ1) is 13.3. The largest absolute Gasteiger partial charge is 0.356 e. The van der Waals surface area contributed by atoms with Gasteiger partial charge in [-0.2, -0.15) is 0 Å². The van der Waals surface area contributed by atoms with E-state index in [9.17, 15) is 0 Å². The Bertz CT molecular complexity index is 403. The number of aryl methyl sites for hydroxylation is 2. The second-order valence-corrected chi connectivity index (χ2v) is 5.33. The van der Waals surface area contributed by atoms with Crippen LogP contribution in [0.5, 0.6) is 0 Å². The van der Waals surface area contributed by atoms with Crippen LogP contribution < -0.4 is 10.6 Å². The Labute approximate surface area is 110 Å². The number of nitrogens with zero attached hydrogens (tertiary/aromatic N) is 3. The first-order chi connectivity index (χ1) is 8.60. The number of anilines is 1. The molecule has 1 fully saturated rings. The Morgan fingerprint density at radius 1 is 1.50 bits per heavy atom. The molecule has 0 radical (unpaired) electrons. The van der Waals surface area contributed by atoms with E-state index in [0.29, 0.717) is 5.92 Å². The number of hydrogen-bond acceptors (Lipinski definition) is 4. The molecule has 0 aromatic carbocycles. The highest BCUT2D eigenvalue weighted by Gasteiger charge is 2.23. The summed E-state index contributed by atoms with van der Waals surface area (Å²) < 4.78 is 0. The van der Waals surface area contributed by atoms with Crippen molar-refractivity contribution in [3.8, 4) is 0 Å². The Kier molecular flexibility index (Phi) is 4.17.